The third-order valence-electron chi connectivity index (χ3n) is 4.40. The van der Waals surface area contributed by atoms with E-state index < -0.39 is 0 Å². The van der Waals surface area contributed by atoms with Crippen LogP contribution in [0.15, 0.2) is 29.8 Å². The van der Waals surface area contributed by atoms with Crippen LogP contribution in [0.25, 0.3) is 6.08 Å². The summed E-state index contributed by atoms with van der Waals surface area (Å²) in [7, 11) is 4.04. The molecular weight excluding hydrogens is 316 g/mol. The van der Waals surface area contributed by atoms with Gasteiger partial charge in [0.15, 0.2) is 0 Å². The number of benzene rings is 1. The van der Waals surface area contributed by atoms with Gasteiger partial charge in [-0.3, -0.25) is 4.79 Å². The zero-order chi connectivity index (χ0) is 17.5. The summed E-state index contributed by atoms with van der Waals surface area (Å²) in [5.74, 6) is 0.0900. The quantitative estimate of drug-likeness (QED) is 0.389. The molecule has 0 spiro atoms. The second-order valence-corrected chi connectivity index (χ2v) is 7.07. The van der Waals surface area contributed by atoms with E-state index in [9.17, 15) is 4.79 Å². The van der Waals surface area contributed by atoms with Crippen LogP contribution in [-0.2, 0) is 4.79 Å². The molecule has 0 saturated carbocycles. The zero-order valence-electron chi connectivity index (χ0n) is 15.0. The van der Waals surface area contributed by atoms with E-state index in [1.54, 1.807) is 4.90 Å². The number of nitrogens with zero attached hydrogens (tertiary/aromatic N) is 2. The summed E-state index contributed by atoms with van der Waals surface area (Å²) < 4.78 is 0. The summed E-state index contributed by atoms with van der Waals surface area (Å²) in [6.45, 7) is 2.97. The van der Waals surface area contributed by atoms with Gasteiger partial charge in [0.05, 0.1) is 4.99 Å². The molecule has 0 aromatic heterocycles. The Morgan fingerprint density at radius 3 is 2.42 bits per heavy atom. The number of amides is 1. The van der Waals surface area contributed by atoms with Gasteiger partial charge < -0.3 is 9.80 Å². The summed E-state index contributed by atoms with van der Waals surface area (Å²) in [6, 6.07) is 8.23. The summed E-state index contributed by atoms with van der Waals surface area (Å²) in [4.78, 5) is 17.2. The fourth-order valence-electron chi connectivity index (χ4n) is 2.90. The molecule has 24 heavy (non-hydrogen) atoms. The highest BCUT2D eigenvalue weighted by Crippen LogP contribution is 2.24. The van der Waals surface area contributed by atoms with E-state index in [-0.39, 0.29) is 5.91 Å². The molecule has 0 radical (unpaired) electrons. The summed E-state index contributed by atoms with van der Waals surface area (Å²) >= 11 is 5.42. The minimum absolute atomic E-state index is 0.0900. The summed E-state index contributed by atoms with van der Waals surface area (Å²) in [6.07, 6.45) is 8.53. The number of unbranched alkanes of at least 4 members (excludes halogenated alkanes) is 4. The molecular formula is C20H28N2OS. The Morgan fingerprint density at radius 1 is 1.12 bits per heavy atom. The Kier molecular flexibility index (Phi) is 6.98. The van der Waals surface area contributed by atoms with Gasteiger partial charge in [-0.05, 0) is 30.2 Å². The molecule has 1 amide bonds. The number of anilines is 1. The molecule has 1 aromatic rings. The fraction of sp³-hybridized carbons (Fsp3) is 0.500. The number of thiocarbonyl (C=S) groups is 1. The van der Waals surface area contributed by atoms with Gasteiger partial charge in [-0.15, -0.1) is 0 Å². The zero-order valence-corrected chi connectivity index (χ0v) is 15.9. The first-order chi connectivity index (χ1) is 11.5. The first-order valence-corrected chi connectivity index (χ1v) is 9.26. The lowest BCUT2D eigenvalue weighted by Crippen LogP contribution is -2.29. The van der Waals surface area contributed by atoms with Crippen molar-refractivity contribution in [2.75, 3.05) is 25.5 Å². The minimum atomic E-state index is 0.0900. The number of carbonyl (C=O) groups excluding carboxylic acids is 1. The fourth-order valence-corrected chi connectivity index (χ4v) is 3.23. The van der Waals surface area contributed by atoms with Crippen LogP contribution in [0, 0.1) is 0 Å². The van der Waals surface area contributed by atoms with Crippen molar-refractivity contribution in [2.24, 2.45) is 0 Å². The van der Waals surface area contributed by atoms with Crippen LogP contribution in [-0.4, -0.2) is 36.4 Å². The van der Waals surface area contributed by atoms with Crippen molar-refractivity contribution in [3.8, 4) is 0 Å². The van der Waals surface area contributed by atoms with Crippen molar-refractivity contribution >= 4 is 34.9 Å². The topological polar surface area (TPSA) is 23.6 Å². The van der Waals surface area contributed by atoms with E-state index in [0.29, 0.717) is 6.42 Å². The maximum absolute atomic E-state index is 12.6. The van der Waals surface area contributed by atoms with Gasteiger partial charge in [0.25, 0.3) is 5.91 Å². The van der Waals surface area contributed by atoms with Gasteiger partial charge >= 0.3 is 0 Å². The average Bonchev–Trinajstić information content (AvgIpc) is 2.82. The van der Waals surface area contributed by atoms with Crippen molar-refractivity contribution in [3.63, 3.8) is 0 Å². The molecule has 1 aliphatic rings. The maximum Gasteiger partial charge on any atom is 0.255 e. The molecule has 2 rings (SSSR count). The van der Waals surface area contributed by atoms with Crippen LogP contribution in [0.5, 0.6) is 0 Å². The van der Waals surface area contributed by atoms with Crippen molar-refractivity contribution in [1.29, 1.82) is 0 Å². The third kappa shape index (κ3) is 4.91. The Bertz CT molecular complexity index is 605. The molecule has 1 heterocycles. The molecule has 0 N–H and O–H groups in total. The maximum atomic E-state index is 12.6. The van der Waals surface area contributed by atoms with Crippen molar-refractivity contribution in [1.82, 2.24) is 4.90 Å². The molecule has 0 atom stereocenters. The molecule has 1 saturated heterocycles. The second kappa shape index (κ2) is 8.97. The van der Waals surface area contributed by atoms with E-state index in [4.69, 9.17) is 12.2 Å². The molecule has 1 fully saturated rings. The van der Waals surface area contributed by atoms with Gasteiger partial charge in [0.2, 0.25) is 0 Å². The highest BCUT2D eigenvalue weighted by Gasteiger charge is 2.30. The van der Waals surface area contributed by atoms with Crippen LogP contribution in [0.1, 0.15) is 51.0 Å². The monoisotopic (exact) mass is 344 g/mol. The lowest BCUT2D eigenvalue weighted by Gasteiger charge is -2.15. The van der Waals surface area contributed by atoms with Crippen molar-refractivity contribution < 1.29 is 4.79 Å². The van der Waals surface area contributed by atoms with Crippen LogP contribution < -0.4 is 4.90 Å². The van der Waals surface area contributed by atoms with E-state index in [1.807, 2.05) is 32.3 Å². The van der Waals surface area contributed by atoms with E-state index in [0.717, 1.165) is 34.8 Å². The Morgan fingerprint density at radius 2 is 1.79 bits per heavy atom. The normalized spacial score (nSPS) is 16.3. The number of likely N-dealkylation sites (tertiary alicyclic amines) is 1. The minimum Gasteiger partial charge on any atom is -0.378 e. The SMILES string of the molecule is CCCCCCCN1C(=O)C(=Cc2ccc(N(C)C)cc2)CC1=S. The predicted octanol–water partition coefficient (Wildman–Crippen LogP) is 4.67. The van der Waals surface area contributed by atoms with Gasteiger partial charge in [0.1, 0.15) is 0 Å². The van der Waals surface area contributed by atoms with Gasteiger partial charge in [0, 0.05) is 38.3 Å². The molecule has 0 bridgehead atoms. The lowest BCUT2D eigenvalue weighted by atomic mass is 10.1. The van der Waals surface area contributed by atoms with E-state index >= 15 is 0 Å². The van der Waals surface area contributed by atoms with Crippen LogP contribution in [0.3, 0.4) is 0 Å². The van der Waals surface area contributed by atoms with E-state index in [1.165, 1.54) is 25.7 Å². The Labute approximate surface area is 151 Å². The predicted molar refractivity (Wildman–Crippen MR) is 106 cm³/mol. The largest absolute Gasteiger partial charge is 0.378 e. The first-order valence-electron chi connectivity index (χ1n) is 8.85. The average molecular weight is 345 g/mol. The van der Waals surface area contributed by atoms with E-state index in [2.05, 4.69) is 24.0 Å². The smallest absolute Gasteiger partial charge is 0.255 e. The first kappa shape index (κ1) is 18.7. The molecule has 4 heteroatoms. The van der Waals surface area contributed by atoms with Crippen molar-refractivity contribution in [2.45, 2.75) is 45.4 Å². The number of hydrogen-bond acceptors (Lipinski definition) is 3. The highest BCUT2D eigenvalue weighted by atomic mass is 32.1. The highest BCUT2D eigenvalue weighted by molar-refractivity contribution is 7.80. The molecule has 0 unspecified atom stereocenters. The summed E-state index contributed by atoms with van der Waals surface area (Å²) in [5.41, 5.74) is 3.02. The molecule has 130 valence electrons. The van der Waals surface area contributed by atoms with Gasteiger partial charge in [-0.25, -0.2) is 0 Å². The number of rotatable bonds is 8. The van der Waals surface area contributed by atoms with Crippen LogP contribution in [0.4, 0.5) is 5.69 Å². The third-order valence-corrected chi connectivity index (χ3v) is 4.76. The van der Waals surface area contributed by atoms with Crippen LogP contribution >= 0.6 is 12.2 Å². The van der Waals surface area contributed by atoms with Crippen molar-refractivity contribution in [3.05, 3.63) is 35.4 Å². The van der Waals surface area contributed by atoms with Gasteiger partial charge in [-0.1, -0.05) is 57.0 Å². The number of hydrogen-bond donors (Lipinski definition) is 0. The number of carbonyl (C=O) groups is 1. The second-order valence-electron chi connectivity index (χ2n) is 6.60. The van der Waals surface area contributed by atoms with Crippen LogP contribution in [0.2, 0.25) is 0 Å². The molecule has 3 nitrogen and oxygen atoms in total. The standard InChI is InChI=1S/C20H28N2OS/c1-4-5-6-7-8-13-22-19(24)15-17(20(22)23)14-16-9-11-18(12-10-16)21(2)3/h9-12,14H,4-8,13,15H2,1-3H3. The summed E-state index contributed by atoms with van der Waals surface area (Å²) in [5, 5.41) is 0. The Hall–Kier alpha value is -1.68. The lowest BCUT2D eigenvalue weighted by molar-refractivity contribution is -0.122. The Balaban J connectivity index is 1.97. The van der Waals surface area contributed by atoms with Gasteiger partial charge in [-0.2, -0.15) is 0 Å². The molecule has 1 aromatic carbocycles. The molecule has 0 aliphatic carbocycles. The molecule has 1 aliphatic heterocycles.